The van der Waals surface area contributed by atoms with Gasteiger partial charge in [0.2, 0.25) is 5.91 Å². The molecule has 0 aromatic rings. The fourth-order valence-electron chi connectivity index (χ4n) is 10.3. The molecule has 0 spiro atoms. The Morgan fingerprint density at radius 3 is 1.05 bits per heavy atom. The largest absolute Gasteiger partial charge is 0.465 e. The summed E-state index contributed by atoms with van der Waals surface area (Å²) in [5, 5.41) is 23.4. The smallest absolute Gasteiger partial charge is 0.305 e. The molecule has 440 valence electrons. The number of ether oxygens (including phenoxy) is 1. The van der Waals surface area contributed by atoms with Crippen molar-refractivity contribution in [3.63, 3.8) is 0 Å². The second-order valence-electron chi connectivity index (χ2n) is 22.8. The molecule has 1 amide bonds. The number of hydrogen-bond acceptors (Lipinski definition) is 5. The van der Waals surface area contributed by atoms with E-state index < -0.39 is 12.1 Å². The van der Waals surface area contributed by atoms with Crippen LogP contribution in [0.5, 0.6) is 0 Å². The first-order chi connectivity index (χ1) is 37.0. The van der Waals surface area contributed by atoms with E-state index in [0.29, 0.717) is 25.9 Å². The van der Waals surface area contributed by atoms with Crippen LogP contribution in [0.4, 0.5) is 0 Å². The Labute approximate surface area is 467 Å². The van der Waals surface area contributed by atoms with Crippen LogP contribution < -0.4 is 5.32 Å². The second kappa shape index (κ2) is 64.3. The van der Waals surface area contributed by atoms with Crippen molar-refractivity contribution in [2.24, 2.45) is 0 Å². The van der Waals surface area contributed by atoms with Crippen molar-refractivity contribution >= 4 is 11.9 Å². The molecule has 3 N–H and O–H groups in total. The molecule has 0 bridgehead atoms. The maximum atomic E-state index is 12.5. The summed E-state index contributed by atoms with van der Waals surface area (Å²) in [5.41, 5.74) is 0. The normalized spacial score (nSPS) is 12.9. The number of carbonyl (C=O) groups excluding carboxylic acids is 2. The summed E-state index contributed by atoms with van der Waals surface area (Å²) in [4.78, 5) is 24.6. The number of nitrogens with one attached hydrogen (secondary N) is 1. The van der Waals surface area contributed by atoms with Crippen LogP contribution in [0.2, 0.25) is 0 Å². The van der Waals surface area contributed by atoms with Gasteiger partial charge in [0.1, 0.15) is 0 Å². The van der Waals surface area contributed by atoms with Gasteiger partial charge in [0, 0.05) is 12.8 Å². The van der Waals surface area contributed by atoms with E-state index in [2.05, 4.69) is 67.8 Å². The van der Waals surface area contributed by atoms with Gasteiger partial charge in [-0.15, -0.1) is 0 Å². The summed E-state index contributed by atoms with van der Waals surface area (Å²) in [6.07, 6.45) is 82.9. The molecule has 75 heavy (non-hydrogen) atoms. The molecule has 6 heteroatoms. The van der Waals surface area contributed by atoms with E-state index >= 15 is 0 Å². The Kier molecular flexibility index (Phi) is 62.5. The van der Waals surface area contributed by atoms with Gasteiger partial charge in [-0.2, -0.15) is 0 Å². The molecule has 2 atom stereocenters. The van der Waals surface area contributed by atoms with Crippen LogP contribution >= 0.6 is 0 Å². The first-order valence-corrected chi connectivity index (χ1v) is 33.4. The summed E-state index contributed by atoms with van der Waals surface area (Å²) < 4.78 is 5.41. The standard InChI is InChI=1S/C69H129NO5/c1-3-5-7-9-11-13-15-17-19-20-21-22-23-25-28-31-34-37-41-45-49-53-57-61-67(72)66(65-71)70-68(73)62-58-54-50-46-42-38-35-32-29-26-24-27-30-33-36-40-44-48-52-56-60-64-75-69(74)63-59-55-51-47-43-39-18-16-14-12-10-8-6-4-2/h10,12,16,18,40,44,52,56,66-67,71-72H,3-9,11,13-15,17,19-39,41-43,45-51,53-55,57-65H2,1-2H3,(H,70,73)/b12-10-,18-16-,44-40-,56-52-. The SMILES string of the molecule is CCCC/C=C\C/C=C\CCCCCCCC(=O)OCC/C=C\C/C=C\CCCCCCCCCCCCCCCCC(=O)NC(CO)C(O)CCCCCCCCCCCCCCCCCCCCCCCCC. The van der Waals surface area contributed by atoms with Crippen LogP contribution in [0.3, 0.4) is 0 Å². The first kappa shape index (κ1) is 72.8. The zero-order valence-corrected chi connectivity index (χ0v) is 50.3. The van der Waals surface area contributed by atoms with Crippen molar-refractivity contribution in [3.8, 4) is 0 Å². The van der Waals surface area contributed by atoms with E-state index in [-0.39, 0.29) is 18.5 Å². The lowest BCUT2D eigenvalue weighted by atomic mass is 10.0. The number of allylic oxidation sites excluding steroid dienone is 7. The number of unbranched alkanes of at least 4 members (excludes halogenated alkanes) is 43. The lowest BCUT2D eigenvalue weighted by Gasteiger charge is -2.22. The summed E-state index contributed by atoms with van der Waals surface area (Å²) in [6, 6.07) is -0.548. The Morgan fingerprint density at radius 2 is 0.680 bits per heavy atom. The fourth-order valence-corrected chi connectivity index (χ4v) is 10.3. The highest BCUT2D eigenvalue weighted by Crippen LogP contribution is 2.18. The van der Waals surface area contributed by atoms with Gasteiger partial charge in [0.15, 0.2) is 0 Å². The van der Waals surface area contributed by atoms with E-state index in [1.807, 2.05) is 0 Å². The molecule has 0 aromatic carbocycles. The van der Waals surface area contributed by atoms with Crippen LogP contribution in [0.1, 0.15) is 354 Å². The van der Waals surface area contributed by atoms with Gasteiger partial charge in [0.05, 0.1) is 25.4 Å². The van der Waals surface area contributed by atoms with Gasteiger partial charge in [-0.05, 0) is 70.6 Å². The molecule has 0 rings (SSSR count). The van der Waals surface area contributed by atoms with Gasteiger partial charge in [0.25, 0.3) is 0 Å². The number of hydrogen-bond donors (Lipinski definition) is 3. The average Bonchev–Trinajstić information content (AvgIpc) is 3.41. The number of aliphatic hydroxyl groups is 2. The molecule has 6 nitrogen and oxygen atoms in total. The second-order valence-corrected chi connectivity index (χ2v) is 22.8. The highest BCUT2D eigenvalue weighted by Gasteiger charge is 2.20. The van der Waals surface area contributed by atoms with E-state index in [1.54, 1.807) is 0 Å². The maximum Gasteiger partial charge on any atom is 0.305 e. The molecule has 0 aromatic heterocycles. The van der Waals surface area contributed by atoms with Gasteiger partial charge in [-0.3, -0.25) is 9.59 Å². The monoisotopic (exact) mass is 1050 g/mol. The Balaban J connectivity index is 3.46. The van der Waals surface area contributed by atoms with Crippen molar-refractivity contribution < 1.29 is 24.5 Å². The number of rotatable bonds is 62. The summed E-state index contributed by atoms with van der Waals surface area (Å²) in [5.74, 6) is -0.0865. The lowest BCUT2D eigenvalue weighted by Crippen LogP contribution is -2.45. The Hall–Kier alpha value is -2.18. The quantitative estimate of drug-likeness (QED) is 0.0320. The topological polar surface area (TPSA) is 95.9 Å². The Bertz CT molecular complexity index is 1260. The van der Waals surface area contributed by atoms with Crippen molar-refractivity contribution in [2.45, 2.75) is 366 Å². The molecule has 0 aliphatic rings. The predicted octanol–water partition coefficient (Wildman–Crippen LogP) is 21.3. The summed E-state index contributed by atoms with van der Waals surface area (Å²) in [7, 11) is 0. The van der Waals surface area contributed by atoms with E-state index in [9.17, 15) is 19.8 Å². The molecular formula is C69H129NO5. The van der Waals surface area contributed by atoms with Crippen molar-refractivity contribution in [1.82, 2.24) is 5.32 Å². The predicted molar refractivity (Wildman–Crippen MR) is 329 cm³/mol. The zero-order chi connectivity index (χ0) is 54.3. The summed E-state index contributed by atoms with van der Waals surface area (Å²) >= 11 is 0. The minimum atomic E-state index is -0.670. The van der Waals surface area contributed by atoms with Crippen molar-refractivity contribution in [2.75, 3.05) is 13.2 Å². The molecule has 0 saturated heterocycles. The van der Waals surface area contributed by atoms with Crippen LogP contribution in [-0.2, 0) is 14.3 Å². The molecule has 0 fully saturated rings. The number of esters is 1. The molecule has 0 radical (unpaired) electrons. The van der Waals surface area contributed by atoms with Crippen LogP contribution in [0.15, 0.2) is 48.6 Å². The van der Waals surface area contributed by atoms with E-state index in [4.69, 9.17) is 4.74 Å². The van der Waals surface area contributed by atoms with Gasteiger partial charge in [-0.25, -0.2) is 0 Å². The van der Waals surface area contributed by atoms with Gasteiger partial charge >= 0.3 is 5.97 Å². The molecular weight excluding hydrogens is 923 g/mol. The number of aliphatic hydroxyl groups excluding tert-OH is 2. The first-order valence-electron chi connectivity index (χ1n) is 33.4. The highest BCUT2D eigenvalue weighted by atomic mass is 16.5. The van der Waals surface area contributed by atoms with Crippen LogP contribution in [0, 0.1) is 0 Å². The minimum absolute atomic E-state index is 0.0369. The third-order valence-electron chi connectivity index (χ3n) is 15.4. The van der Waals surface area contributed by atoms with Gasteiger partial charge in [-0.1, -0.05) is 319 Å². The molecule has 2 unspecified atom stereocenters. The maximum absolute atomic E-state index is 12.5. The average molecular weight is 1050 g/mol. The van der Waals surface area contributed by atoms with Crippen molar-refractivity contribution in [1.29, 1.82) is 0 Å². The number of carbonyl (C=O) groups is 2. The molecule has 0 heterocycles. The highest BCUT2D eigenvalue weighted by molar-refractivity contribution is 5.76. The minimum Gasteiger partial charge on any atom is -0.465 e. The fraction of sp³-hybridized carbons (Fsp3) is 0.855. The third kappa shape index (κ3) is 60.9. The summed E-state index contributed by atoms with van der Waals surface area (Å²) in [6.45, 7) is 4.82. The Morgan fingerprint density at radius 1 is 0.373 bits per heavy atom. The lowest BCUT2D eigenvalue weighted by molar-refractivity contribution is -0.143. The van der Waals surface area contributed by atoms with E-state index in [0.717, 1.165) is 64.2 Å². The molecule has 0 aliphatic carbocycles. The number of amides is 1. The van der Waals surface area contributed by atoms with E-state index in [1.165, 1.54) is 257 Å². The van der Waals surface area contributed by atoms with Crippen LogP contribution in [-0.4, -0.2) is 47.4 Å². The van der Waals surface area contributed by atoms with Crippen molar-refractivity contribution in [3.05, 3.63) is 48.6 Å². The van der Waals surface area contributed by atoms with Crippen LogP contribution in [0.25, 0.3) is 0 Å². The zero-order valence-electron chi connectivity index (χ0n) is 50.3. The third-order valence-corrected chi connectivity index (χ3v) is 15.4. The van der Waals surface area contributed by atoms with Gasteiger partial charge < -0.3 is 20.3 Å². The molecule has 0 saturated carbocycles. The molecule has 0 aliphatic heterocycles.